The van der Waals surface area contributed by atoms with Gasteiger partial charge in [0.1, 0.15) is 11.6 Å². The van der Waals surface area contributed by atoms with Crippen molar-refractivity contribution in [3.8, 4) is 5.75 Å². The highest BCUT2D eigenvalue weighted by molar-refractivity contribution is 5.89. The van der Waals surface area contributed by atoms with Crippen LogP contribution in [-0.4, -0.2) is 60.8 Å². The summed E-state index contributed by atoms with van der Waals surface area (Å²) >= 11 is 0. The zero-order chi connectivity index (χ0) is 27.2. The smallest absolute Gasteiger partial charge is 0.408 e. The summed E-state index contributed by atoms with van der Waals surface area (Å²) in [5.74, 6) is -0.971. The van der Waals surface area contributed by atoms with Crippen molar-refractivity contribution in [1.29, 1.82) is 0 Å². The standard InChI is InChI=1S/C28H41FN2O6/c1-6-35-26(33)20-14-15-23(22(29)16-20)36-17-18-10-12-19(13-11-18)24(30-27(34)37-28(2,3)4)25(32)31(5)21-8-7-9-21/h14-16,18-19,21,24H,6-13,17H2,1-5H3,(H,30,34)/t18?,19?,24-/m0/s1. The zero-order valence-electron chi connectivity index (χ0n) is 22.7. The van der Waals surface area contributed by atoms with Gasteiger partial charge in [-0.05, 0) is 103 Å². The molecule has 0 spiro atoms. The van der Waals surface area contributed by atoms with Crippen LogP contribution in [0.15, 0.2) is 18.2 Å². The van der Waals surface area contributed by atoms with Crippen LogP contribution in [-0.2, 0) is 14.3 Å². The summed E-state index contributed by atoms with van der Waals surface area (Å²) in [5.41, 5.74) is -0.511. The summed E-state index contributed by atoms with van der Waals surface area (Å²) in [7, 11) is 1.82. The number of nitrogens with one attached hydrogen (secondary N) is 1. The first kappa shape index (κ1) is 28.7. The van der Waals surface area contributed by atoms with Crippen LogP contribution < -0.4 is 10.1 Å². The lowest BCUT2D eigenvalue weighted by molar-refractivity contribution is -0.137. The summed E-state index contributed by atoms with van der Waals surface area (Å²) in [6, 6.07) is 3.65. The van der Waals surface area contributed by atoms with E-state index in [9.17, 15) is 18.8 Å². The number of nitrogens with zero attached hydrogens (tertiary/aromatic N) is 1. The van der Waals surface area contributed by atoms with Gasteiger partial charge in [-0.2, -0.15) is 0 Å². The van der Waals surface area contributed by atoms with E-state index in [1.54, 1.807) is 32.6 Å². The fraction of sp³-hybridized carbons (Fsp3) is 0.679. The molecule has 2 fully saturated rings. The number of amides is 2. The third-order valence-electron chi connectivity index (χ3n) is 7.19. The maximum atomic E-state index is 14.4. The molecule has 2 aliphatic rings. The molecule has 0 unspecified atom stereocenters. The highest BCUT2D eigenvalue weighted by atomic mass is 19.1. The number of hydrogen-bond acceptors (Lipinski definition) is 6. The van der Waals surface area contributed by atoms with Crippen LogP contribution >= 0.6 is 0 Å². The molecule has 2 saturated carbocycles. The fourth-order valence-corrected chi connectivity index (χ4v) is 4.84. The minimum absolute atomic E-state index is 0.0145. The van der Waals surface area contributed by atoms with E-state index in [1.807, 2.05) is 7.05 Å². The third-order valence-corrected chi connectivity index (χ3v) is 7.19. The molecule has 1 atom stereocenters. The summed E-state index contributed by atoms with van der Waals surface area (Å²) < 4.78 is 30.5. The number of halogens is 1. The molecule has 1 N–H and O–H groups in total. The second-order valence-electron chi connectivity index (χ2n) is 11.1. The van der Waals surface area contributed by atoms with E-state index in [4.69, 9.17) is 14.2 Å². The van der Waals surface area contributed by atoms with Gasteiger partial charge in [0.25, 0.3) is 0 Å². The van der Waals surface area contributed by atoms with Crippen LogP contribution in [0.25, 0.3) is 0 Å². The number of hydrogen-bond donors (Lipinski definition) is 1. The average molecular weight is 521 g/mol. The van der Waals surface area contributed by atoms with Crippen LogP contribution in [0.1, 0.15) is 83.0 Å². The molecule has 37 heavy (non-hydrogen) atoms. The van der Waals surface area contributed by atoms with Crippen molar-refractivity contribution < 1.29 is 33.0 Å². The Balaban J connectivity index is 1.57. The number of esters is 1. The van der Waals surface area contributed by atoms with Crippen molar-refractivity contribution in [2.45, 2.75) is 90.3 Å². The quantitative estimate of drug-likeness (QED) is 0.456. The van der Waals surface area contributed by atoms with Crippen LogP contribution in [0.3, 0.4) is 0 Å². The predicted molar refractivity (Wildman–Crippen MR) is 137 cm³/mol. The van der Waals surface area contributed by atoms with Gasteiger partial charge in [0.15, 0.2) is 11.6 Å². The molecule has 1 aromatic carbocycles. The summed E-state index contributed by atoms with van der Waals surface area (Å²) in [6.45, 7) is 7.63. The Bertz CT molecular complexity index is 950. The van der Waals surface area contributed by atoms with E-state index in [2.05, 4.69) is 5.32 Å². The molecule has 0 radical (unpaired) electrons. The van der Waals surface area contributed by atoms with Crippen LogP contribution in [0.2, 0.25) is 0 Å². The second-order valence-corrected chi connectivity index (χ2v) is 11.1. The maximum Gasteiger partial charge on any atom is 0.408 e. The van der Waals surface area contributed by atoms with E-state index in [0.29, 0.717) is 6.61 Å². The molecule has 0 saturated heterocycles. The zero-order valence-corrected chi connectivity index (χ0v) is 22.7. The lowest BCUT2D eigenvalue weighted by atomic mass is 9.78. The van der Waals surface area contributed by atoms with Gasteiger partial charge in [0.05, 0.1) is 18.8 Å². The first-order valence-electron chi connectivity index (χ1n) is 13.3. The number of alkyl carbamates (subject to hydrolysis) is 1. The maximum absolute atomic E-state index is 14.4. The number of carbonyl (C=O) groups excluding carboxylic acids is 3. The van der Waals surface area contributed by atoms with E-state index in [-0.39, 0.29) is 41.7 Å². The molecular formula is C28H41FN2O6. The van der Waals surface area contributed by atoms with Crippen molar-refractivity contribution in [3.63, 3.8) is 0 Å². The fourth-order valence-electron chi connectivity index (χ4n) is 4.84. The Kier molecular flexibility index (Phi) is 9.79. The Labute approximate surface area is 219 Å². The van der Waals surface area contributed by atoms with Crippen molar-refractivity contribution in [2.75, 3.05) is 20.3 Å². The van der Waals surface area contributed by atoms with Crippen molar-refractivity contribution in [2.24, 2.45) is 11.8 Å². The Morgan fingerprint density at radius 1 is 1.11 bits per heavy atom. The number of benzene rings is 1. The van der Waals surface area contributed by atoms with Gasteiger partial charge in [0.2, 0.25) is 5.91 Å². The molecule has 0 aliphatic heterocycles. The minimum Gasteiger partial charge on any atom is -0.490 e. The highest BCUT2D eigenvalue weighted by Gasteiger charge is 2.38. The number of carbonyl (C=O) groups is 3. The van der Waals surface area contributed by atoms with Crippen molar-refractivity contribution in [3.05, 3.63) is 29.6 Å². The molecule has 2 aliphatic carbocycles. The second kappa shape index (κ2) is 12.6. The molecule has 0 heterocycles. The Hall–Kier alpha value is -2.84. The van der Waals surface area contributed by atoms with Crippen LogP contribution in [0.5, 0.6) is 5.75 Å². The largest absolute Gasteiger partial charge is 0.490 e. The van der Waals surface area contributed by atoms with Gasteiger partial charge in [-0.1, -0.05) is 0 Å². The molecular weight excluding hydrogens is 479 g/mol. The molecule has 0 bridgehead atoms. The van der Waals surface area contributed by atoms with Crippen LogP contribution in [0, 0.1) is 17.7 Å². The molecule has 2 amide bonds. The van der Waals surface area contributed by atoms with Gasteiger partial charge in [-0.3, -0.25) is 4.79 Å². The third kappa shape index (κ3) is 8.07. The van der Waals surface area contributed by atoms with Crippen molar-refractivity contribution in [1.82, 2.24) is 10.2 Å². The first-order valence-corrected chi connectivity index (χ1v) is 13.3. The normalized spacial score (nSPS) is 20.8. The molecule has 9 heteroatoms. The van der Waals surface area contributed by atoms with Gasteiger partial charge in [-0.15, -0.1) is 0 Å². The predicted octanol–water partition coefficient (Wildman–Crippen LogP) is 5.09. The number of likely N-dealkylation sites (N-methyl/N-ethyl adjacent to an activating group) is 1. The molecule has 8 nitrogen and oxygen atoms in total. The summed E-state index contributed by atoms with van der Waals surface area (Å²) in [4.78, 5) is 39.5. The van der Waals surface area contributed by atoms with Gasteiger partial charge >= 0.3 is 12.1 Å². The van der Waals surface area contributed by atoms with E-state index < -0.39 is 29.5 Å². The Morgan fingerprint density at radius 2 is 1.78 bits per heavy atom. The lowest BCUT2D eigenvalue weighted by Crippen LogP contribution is -2.55. The highest BCUT2D eigenvalue weighted by Crippen LogP contribution is 2.34. The SMILES string of the molecule is CCOC(=O)c1ccc(OCC2CCC([C@H](NC(=O)OC(C)(C)C)C(=O)N(C)C3CCC3)CC2)c(F)c1. The lowest BCUT2D eigenvalue weighted by Gasteiger charge is -2.40. The van der Waals surface area contributed by atoms with Crippen molar-refractivity contribution >= 4 is 18.0 Å². The minimum atomic E-state index is -0.656. The number of rotatable bonds is 9. The molecule has 3 rings (SSSR count). The molecule has 0 aromatic heterocycles. The Morgan fingerprint density at radius 3 is 2.32 bits per heavy atom. The van der Waals surface area contributed by atoms with E-state index in [1.165, 1.54) is 12.1 Å². The van der Waals surface area contributed by atoms with Gasteiger partial charge in [0, 0.05) is 13.1 Å². The summed E-state index contributed by atoms with van der Waals surface area (Å²) in [5, 5.41) is 2.86. The first-order chi connectivity index (χ1) is 17.5. The monoisotopic (exact) mass is 520 g/mol. The van der Waals surface area contributed by atoms with E-state index in [0.717, 1.165) is 51.0 Å². The molecule has 206 valence electrons. The van der Waals surface area contributed by atoms with Gasteiger partial charge < -0.3 is 24.4 Å². The summed E-state index contributed by atoms with van der Waals surface area (Å²) in [6.07, 6.45) is 5.57. The van der Waals surface area contributed by atoms with Gasteiger partial charge in [-0.25, -0.2) is 14.0 Å². The average Bonchev–Trinajstić information content (AvgIpc) is 2.79. The topological polar surface area (TPSA) is 94.2 Å². The van der Waals surface area contributed by atoms with E-state index >= 15 is 0 Å². The number of ether oxygens (including phenoxy) is 3. The molecule has 1 aromatic rings. The van der Waals surface area contributed by atoms with Crippen LogP contribution in [0.4, 0.5) is 9.18 Å².